The smallest absolute Gasteiger partial charge is 0.283 e. The summed E-state index contributed by atoms with van der Waals surface area (Å²) in [4.78, 5) is 39.0. The predicted molar refractivity (Wildman–Crippen MR) is 92.5 cm³/mol. The summed E-state index contributed by atoms with van der Waals surface area (Å²) in [5.74, 6) is -0.0852. The van der Waals surface area contributed by atoms with Crippen LogP contribution in [0, 0.1) is 16.0 Å². The molecular weight excluding hydrogens is 346 g/mol. The molecule has 1 aliphatic heterocycles. The van der Waals surface area contributed by atoms with Gasteiger partial charge in [0.05, 0.1) is 4.92 Å². The van der Waals surface area contributed by atoms with Gasteiger partial charge in [-0.25, -0.2) is 0 Å². The maximum absolute atomic E-state index is 12.6. The standard InChI is InChI=1S/C17H20ClN3O4/c18-13-5-6-14(15(11-13)21(24)25)17(23)20-9-7-19(8-10-20)16(22)12-3-1-2-4-12/h5-6,11-12H,1-4,7-10H2. The van der Waals surface area contributed by atoms with Crippen LogP contribution in [0.5, 0.6) is 0 Å². The van der Waals surface area contributed by atoms with E-state index in [0.29, 0.717) is 26.2 Å². The van der Waals surface area contributed by atoms with Crippen LogP contribution < -0.4 is 0 Å². The predicted octanol–water partition coefficient (Wildman–Crippen LogP) is 2.72. The number of carbonyl (C=O) groups excluding carboxylic acids is 2. The lowest BCUT2D eigenvalue weighted by atomic mass is 10.1. The fraction of sp³-hybridized carbons (Fsp3) is 0.529. The van der Waals surface area contributed by atoms with E-state index in [2.05, 4.69) is 0 Å². The minimum atomic E-state index is -0.598. The number of nitrogens with zero attached hydrogens (tertiary/aromatic N) is 3. The second kappa shape index (κ2) is 7.39. The van der Waals surface area contributed by atoms with Crippen LogP contribution in [-0.4, -0.2) is 52.7 Å². The van der Waals surface area contributed by atoms with Gasteiger partial charge in [0.1, 0.15) is 5.56 Å². The molecule has 1 saturated carbocycles. The summed E-state index contributed by atoms with van der Waals surface area (Å²) in [5, 5.41) is 11.4. The zero-order chi connectivity index (χ0) is 18.0. The van der Waals surface area contributed by atoms with Gasteiger partial charge in [0.25, 0.3) is 11.6 Å². The van der Waals surface area contributed by atoms with Crippen LogP contribution in [-0.2, 0) is 4.79 Å². The number of nitro groups is 1. The maximum atomic E-state index is 12.6. The molecule has 25 heavy (non-hydrogen) atoms. The van der Waals surface area contributed by atoms with Gasteiger partial charge in [0.2, 0.25) is 5.91 Å². The molecule has 0 aromatic heterocycles. The summed E-state index contributed by atoms with van der Waals surface area (Å²) < 4.78 is 0. The molecule has 0 atom stereocenters. The van der Waals surface area contributed by atoms with Gasteiger partial charge in [0, 0.05) is 43.2 Å². The molecule has 3 rings (SSSR count). The van der Waals surface area contributed by atoms with Gasteiger partial charge in [-0.15, -0.1) is 0 Å². The highest BCUT2D eigenvalue weighted by molar-refractivity contribution is 6.31. The third kappa shape index (κ3) is 3.76. The van der Waals surface area contributed by atoms with Gasteiger partial charge in [-0.05, 0) is 25.0 Å². The molecule has 0 spiro atoms. The molecule has 7 nitrogen and oxygen atoms in total. The lowest BCUT2D eigenvalue weighted by Gasteiger charge is -2.36. The molecule has 0 radical (unpaired) electrons. The van der Waals surface area contributed by atoms with E-state index in [4.69, 9.17) is 11.6 Å². The number of hydrogen-bond acceptors (Lipinski definition) is 4. The van der Waals surface area contributed by atoms with Gasteiger partial charge < -0.3 is 9.80 Å². The van der Waals surface area contributed by atoms with Crippen LogP contribution in [0.4, 0.5) is 5.69 Å². The van der Waals surface area contributed by atoms with E-state index in [-0.39, 0.29) is 28.1 Å². The van der Waals surface area contributed by atoms with Crippen molar-refractivity contribution in [2.24, 2.45) is 5.92 Å². The molecule has 0 unspecified atom stereocenters. The van der Waals surface area contributed by atoms with Crippen molar-refractivity contribution in [2.75, 3.05) is 26.2 Å². The highest BCUT2D eigenvalue weighted by atomic mass is 35.5. The number of piperazine rings is 1. The number of hydrogen-bond donors (Lipinski definition) is 0. The van der Waals surface area contributed by atoms with Crippen LogP contribution in [0.2, 0.25) is 5.02 Å². The zero-order valence-corrected chi connectivity index (χ0v) is 14.6. The molecule has 2 aliphatic rings. The fourth-order valence-electron chi connectivity index (χ4n) is 3.57. The average molecular weight is 366 g/mol. The molecule has 2 amide bonds. The van der Waals surface area contributed by atoms with E-state index in [1.807, 2.05) is 4.90 Å². The summed E-state index contributed by atoms with van der Waals surface area (Å²) in [6.07, 6.45) is 4.12. The first-order valence-electron chi connectivity index (χ1n) is 8.49. The summed E-state index contributed by atoms with van der Waals surface area (Å²) >= 11 is 5.79. The number of nitro benzene ring substituents is 1. The largest absolute Gasteiger partial charge is 0.339 e. The average Bonchev–Trinajstić information content (AvgIpc) is 3.15. The monoisotopic (exact) mass is 365 g/mol. The Balaban J connectivity index is 1.66. The van der Waals surface area contributed by atoms with Gasteiger partial charge in [-0.3, -0.25) is 19.7 Å². The van der Waals surface area contributed by atoms with Crippen molar-refractivity contribution in [2.45, 2.75) is 25.7 Å². The minimum Gasteiger partial charge on any atom is -0.339 e. The third-order valence-electron chi connectivity index (χ3n) is 4.97. The minimum absolute atomic E-state index is 0.0324. The quantitative estimate of drug-likeness (QED) is 0.609. The van der Waals surface area contributed by atoms with Crippen LogP contribution >= 0.6 is 11.6 Å². The third-order valence-corrected chi connectivity index (χ3v) is 5.20. The summed E-state index contributed by atoms with van der Waals surface area (Å²) in [6.45, 7) is 1.72. The van der Waals surface area contributed by atoms with E-state index >= 15 is 0 Å². The second-order valence-electron chi connectivity index (χ2n) is 6.52. The molecule has 1 saturated heterocycles. The van der Waals surface area contributed by atoms with Gasteiger partial charge in [-0.1, -0.05) is 24.4 Å². The zero-order valence-electron chi connectivity index (χ0n) is 13.8. The molecule has 1 aliphatic carbocycles. The lowest BCUT2D eigenvalue weighted by Crippen LogP contribution is -2.51. The van der Waals surface area contributed by atoms with Crippen molar-refractivity contribution >= 4 is 29.1 Å². The summed E-state index contributed by atoms with van der Waals surface area (Å²) in [5.41, 5.74) is -0.257. The number of benzene rings is 1. The van der Waals surface area contributed by atoms with E-state index in [1.54, 1.807) is 4.90 Å². The topological polar surface area (TPSA) is 83.8 Å². The Morgan fingerprint density at radius 2 is 1.68 bits per heavy atom. The Morgan fingerprint density at radius 3 is 2.28 bits per heavy atom. The molecule has 1 heterocycles. The SMILES string of the molecule is O=C(c1ccc(Cl)cc1[N+](=O)[O-])N1CCN(C(=O)C2CCCC2)CC1. The van der Waals surface area contributed by atoms with Crippen molar-refractivity contribution in [3.8, 4) is 0 Å². The normalized spacial score (nSPS) is 18.4. The Hall–Kier alpha value is -2.15. The van der Waals surface area contributed by atoms with Crippen molar-refractivity contribution in [3.05, 3.63) is 38.9 Å². The molecule has 134 valence electrons. The van der Waals surface area contributed by atoms with Crippen molar-refractivity contribution in [1.82, 2.24) is 9.80 Å². The molecule has 1 aromatic carbocycles. The summed E-state index contributed by atoms with van der Waals surface area (Å²) in [6, 6.07) is 4.05. The number of carbonyl (C=O) groups is 2. The Bertz CT molecular complexity index is 695. The number of rotatable bonds is 3. The van der Waals surface area contributed by atoms with Gasteiger partial charge in [-0.2, -0.15) is 0 Å². The molecule has 0 N–H and O–H groups in total. The maximum Gasteiger partial charge on any atom is 0.283 e. The first kappa shape index (κ1) is 17.7. The Morgan fingerprint density at radius 1 is 1.08 bits per heavy atom. The number of amides is 2. The second-order valence-corrected chi connectivity index (χ2v) is 6.95. The summed E-state index contributed by atoms with van der Waals surface area (Å²) in [7, 11) is 0. The van der Waals surface area contributed by atoms with Crippen molar-refractivity contribution < 1.29 is 14.5 Å². The molecule has 1 aromatic rings. The van der Waals surface area contributed by atoms with E-state index in [1.165, 1.54) is 18.2 Å². The lowest BCUT2D eigenvalue weighted by molar-refractivity contribution is -0.385. The van der Waals surface area contributed by atoms with Crippen LogP contribution in [0.1, 0.15) is 36.0 Å². The molecule has 0 bridgehead atoms. The highest BCUT2D eigenvalue weighted by Crippen LogP contribution is 2.28. The molecule has 2 fully saturated rings. The van der Waals surface area contributed by atoms with E-state index < -0.39 is 10.8 Å². The van der Waals surface area contributed by atoms with Crippen LogP contribution in [0.25, 0.3) is 0 Å². The van der Waals surface area contributed by atoms with E-state index in [0.717, 1.165) is 25.7 Å². The Labute approximate surface area is 150 Å². The fourth-order valence-corrected chi connectivity index (χ4v) is 3.73. The first-order valence-corrected chi connectivity index (χ1v) is 8.87. The molecule has 8 heteroatoms. The van der Waals surface area contributed by atoms with Crippen molar-refractivity contribution in [1.29, 1.82) is 0 Å². The molecular formula is C17H20ClN3O4. The van der Waals surface area contributed by atoms with E-state index in [9.17, 15) is 19.7 Å². The highest BCUT2D eigenvalue weighted by Gasteiger charge is 2.32. The first-order chi connectivity index (χ1) is 12.0. The van der Waals surface area contributed by atoms with Gasteiger partial charge >= 0.3 is 0 Å². The van der Waals surface area contributed by atoms with Crippen LogP contribution in [0.15, 0.2) is 18.2 Å². The Kier molecular flexibility index (Phi) is 5.22. The van der Waals surface area contributed by atoms with Gasteiger partial charge in [0.15, 0.2) is 0 Å². The van der Waals surface area contributed by atoms with Crippen LogP contribution in [0.3, 0.4) is 0 Å². The number of halogens is 1. The van der Waals surface area contributed by atoms with Crippen molar-refractivity contribution in [3.63, 3.8) is 0 Å².